The number of carbonyl (C=O) groups excluding carboxylic acids is 1. The van der Waals surface area contributed by atoms with Gasteiger partial charge in [0, 0.05) is 12.7 Å². The van der Waals surface area contributed by atoms with Crippen LogP contribution in [0.5, 0.6) is 0 Å². The summed E-state index contributed by atoms with van der Waals surface area (Å²) in [5, 5.41) is 5.16. The maximum atomic E-state index is 12.8. The molecule has 4 heterocycles. The first-order valence-corrected chi connectivity index (χ1v) is 9.90. The molecule has 1 saturated heterocycles. The minimum absolute atomic E-state index is 0.0737. The van der Waals surface area contributed by atoms with E-state index in [0.717, 1.165) is 15.9 Å². The first-order chi connectivity index (χ1) is 13.2. The van der Waals surface area contributed by atoms with E-state index in [1.54, 1.807) is 11.1 Å². The van der Waals surface area contributed by atoms with Gasteiger partial charge in [-0.2, -0.15) is 0 Å². The van der Waals surface area contributed by atoms with Crippen molar-refractivity contribution in [3.8, 4) is 0 Å². The number of hydrogen-bond acceptors (Lipinski definition) is 7. The van der Waals surface area contributed by atoms with Gasteiger partial charge in [-0.15, -0.1) is 11.3 Å². The van der Waals surface area contributed by atoms with E-state index in [0.29, 0.717) is 31.5 Å². The quantitative estimate of drug-likeness (QED) is 0.737. The van der Waals surface area contributed by atoms with Gasteiger partial charge in [-0.05, 0) is 30.5 Å². The van der Waals surface area contributed by atoms with Gasteiger partial charge in [-0.1, -0.05) is 19.9 Å². The topological polar surface area (TPSA) is 80.2 Å². The number of amides is 1. The second-order valence-corrected chi connectivity index (χ2v) is 6.67. The molecule has 0 aromatic carbocycles. The van der Waals surface area contributed by atoms with Crippen molar-refractivity contribution < 1.29 is 9.53 Å². The monoisotopic (exact) mass is 385 g/mol. The summed E-state index contributed by atoms with van der Waals surface area (Å²) in [6.45, 7) is 7.44. The normalized spacial score (nSPS) is 14.6. The number of rotatable bonds is 4. The van der Waals surface area contributed by atoms with Crippen LogP contribution >= 0.6 is 11.3 Å². The molecule has 0 bridgehead atoms. The Hall–Kier alpha value is -2.58. The van der Waals surface area contributed by atoms with Crippen LogP contribution in [0.15, 0.2) is 35.8 Å². The highest BCUT2D eigenvalue weighted by molar-refractivity contribution is 7.17. The molecule has 0 radical (unpaired) electrons. The zero-order chi connectivity index (χ0) is 19.2. The molecule has 0 saturated carbocycles. The van der Waals surface area contributed by atoms with E-state index in [2.05, 4.69) is 20.3 Å². The highest BCUT2D eigenvalue weighted by Gasteiger charge is 2.25. The number of nitrogens with one attached hydrogen (secondary N) is 1. The number of pyridine rings is 1. The number of aromatic nitrogens is 3. The highest BCUT2D eigenvalue weighted by atomic mass is 32.1. The summed E-state index contributed by atoms with van der Waals surface area (Å²) in [5.74, 6) is 0.299. The van der Waals surface area contributed by atoms with Crippen LogP contribution in [0.3, 0.4) is 0 Å². The summed E-state index contributed by atoms with van der Waals surface area (Å²) >= 11 is 1.47. The fourth-order valence-corrected chi connectivity index (χ4v) is 3.51. The van der Waals surface area contributed by atoms with Crippen LogP contribution < -0.4 is 5.32 Å². The molecule has 3 aromatic heterocycles. The first-order valence-electron chi connectivity index (χ1n) is 9.02. The summed E-state index contributed by atoms with van der Waals surface area (Å²) in [5.41, 5.74) is 2.07. The van der Waals surface area contributed by atoms with E-state index in [1.165, 1.54) is 11.3 Å². The number of thiophene rings is 1. The zero-order valence-electron chi connectivity index (χ0n) is 15.7. The van der Waals surface area contributed by atoms with Gasteiger partial charge in [0.05, 0.1) is 28.6 Å². The van der Waals surface area contributed by atoms with E-state index in [4.69, 9.17) is 4.74 Å². The number of hydrogen-bond donors (Lipinski definition) is 1. The lowest BCUT2D eigenvalue weighted by atomic mass is 10.2. The standard InChI is InChI=1S/C17H17N5O2S.C2H6/c1-11(12-4-2-3-6-18-12)19-17-20-13-5-9-25-15(13)14(21-17)16(23)22-7-8-24-10-22;1-2/h2-6,9,11H,7-8,10H2,1H3,(H,19,20,21);1-2H3/t11-;/m0./s1. The van der Waals surface area contributed by atoms with Gasteiger partial charge >= 0.3 is 0 Å². The molecule has 1 fully saturated rings. The third-order valence-electron chi connectivity index (χ3n) is 4.02. The average Bonchev–Trinajstić information content (AvgIpc) is 3.41. The van der Waals surface area contributed by atoms with Crippen molar-refractivity contribution in [2.75, 3.05) is 25.2 Å². The van der Waals surface area contributed by atoms with E-state index in [9.17, 15) is 4.79 Å². The maximum Gasteiger partial charge on any atom is 0.276 e. The van der Waals surface area contributed by atoms with Crippen LogP contribution in [0.4, 0.5) is 5.95 Å². The van der Waals surface area contributed by atoms with Crippen molar-refractivity contribution in [2.24, 2.45) is 0 Å². The average molecular weight is 385 g/mol. The van der Waals surface area contributed by atoms with E-state index >= 15 is 0 Å². The molecule has 1 amide bonds. The van der Waals surface area contributed by atoms with E-state index < -0.39 is 0 Å². The van der Waals surface area contributed by atoms with Crippen LogP contribution in [0.1, 0.15) is 43.0 Å². The molecule has 7 nitrogen and oxygen atoms in total. The van der Waals surface area contributed by atoms with Gasteiger partial charge in [0.25, 0.3) is 5.91 Å². The molecular formula is C19H23N5O2S. The molecule has 1 aliphatic heterocycles. The summed E-state index contributed by atoms with van der Waals surface area (Å²) < 4.78 is 6.09. The number of fused-ring (bicyclic) bond motifs is 1. The van der Waals surface area contributed by atoms with Crippen LogP contribution in [0.25, 0.3) is 10.2 Å². The predicted octanol–water partition coefficient (Wildman–Crippen LogP) is 3.72. The van der Waals surface area contributed by atoms with Gasteiger partial charge in [-0.25, -0.2) is 9.97 Å². The van der Waals surface area contributed by atoms with Crippen molar-refractivity contribution in [1.29, 1.82) is 0 Å². The van der Waals surface area contributed by atoms with Gasteiger partial charge in [0.2, 0.25) is 5.95 Å². The molecule has 4 rings (SSSR count). The fourth-order valence-electron chi connectivity index (χ4n) is 2.70. The van der Waals surface area contributed by atoms with Crippen LogP contribution in [0, 0.1) is 0 Å². The Morgan fingerprint density at radius 3 is 2.85 bits per heavy atom. The third kappa shape index (κ3) is 4.23. The second-order valence-electron chi connectivity index (χ2n) is 5.76. The van der Waals surface area contributed by atoms with Gasteiger partial charge < -0.3 is 15.0 Å². The molecule has 0 aliphatic carbocycles. The zero-order valence-corrected chi connectivity index (χ0v) is 16.5. The lowest BCUT2D eigenvalue weighted by molar-refractivity contribution is 0.0691. The Morgan fingerprint density at radius 2 is 2.15 bits per heavy atom. The Labute approximate surface area is 162 Å². The number of ether oxygens (including phenoxy) is 1. The molecule has 0 unspecified atom stereocenters. The van der Waals surface area contributed by atoms with Crippen molar-refractivity contribution in [2.45, 2.75) is 26.8 Å². The summed E-state index contributed by atoms with van der Waals surface area (Å²) in [7, 11) is 0. The van der Waals surface area contributed by atoms with Crippen molar-refractivity contribution >= 4 is 33.4 Å². The molecule has 142 valence electrons. The second kappa shape index (κ2) is 8.88. The van der Waals surface area contributed by atoms with E-state index in [1.807, 2.05) is 50.4 Å². The summed E-state index contributed by atoms with van der Waals surface area (Å²) in [6.07, 6.45) is 1.75. The van der Waals surface area contributed by atoms with Crippen LogP contribution in [-0.4, -0.2) is 45.6 Å². The Kier molecular flexibility index (Phi) is 6.31. The smallest absolute Gasteiger partial charge is 0.276 e. The number of nitrogens with zero attached hydrogens (tertiary/aromatic N) is 4. The molecule has 1 aliphatic rings. The molecule has 1 atom stereocenters. The van der Waals surface area contributed by atoms with E-state index in [-0.39, 0.29) is 11.9 Å². The van der Waals surface area contributed by atoms with Gasteiger partial charge in [-0.3, -0.25) is 9.78 Å². The molecule has 1 N–H and O–H groups in total. The van der Waals surface area contributed by atoms with Crippen molar-refractivity contribution in [3.63, 3.8) is 0 Å². The lowest BCUT2D eigenvalue weighted by Crippen LogP contribution is -2.29. The molecule has 0 spiro atoms. The maximum absolute atomic E-state index is 12.8. The fraction of sp³-hybridized carbons (Fsp3) is 0.368. The van der Waals surface area contributed by atoms with Gasteiger partial charge in [0.15, 0.2) is 5.69 Å². The largest absolute Gasteiger partial charge is 0.359 e. The molecule has 3 aromatic rings. The molecule has 27 heavy (non-hydrogen) atoms. The Balaban J connectivity index is 0.00000102. The Bertz CT molecular complexity index is 894. The predicted molar refractivity (Wildman–Crippen MR) is 107 cm³/mol. The highest BCUT2D eigenvalue weighted by Crippen LogP contribution is 2.26. The van der Waals surface area contributed by atoms with Crippen molar-refractivity contribution in [3.05, 3.63) is 47.2 Å². The lowest BCUT2D eigenvalue weighted by Gasteiger charge is -2.16. The summed E-state index contributed by atoms with van der Waals surface area (Å²) in [4.78, 5) is 27.8. The molecular weight excluding hydrogens is 362 g/mol. The minimum atomic E-state index is -0.124. The summed E-state index contributed by atoms with van der Waals surface area (Å²) in [6, 6.07) is 7.57. The Morgan fingerprint density at radius 1 is 1.30 bits per heavy atom. The van der Waals surface area contributed by atoms with Crippen molar-refractivity contribution in [1.82, 2.24) is 19.9 Å². The van der Waals surface area contributed by atoms with Crippen LogP contribution in [-0.2, 0) is 4.74 Å². The number of anilines is 1. The first kappa shape index (κ1) is 19.2. The number of carbonyl (C=O) groups is 1. The van der Waals surface area contributed by atoms with Crippen LogP contribution in [0.2, 0.25) is 0 Å². The van der Waals surface area contributed by atoms with Gasteiger partial charge in [0.1, 0.15) is 6.73 Å². The SMILES string of the molecule is CC.C[C@H](Nc1nc(C(=O)N2CCOC2)c2sccc2n1)c1ccccn1. The third-order valence-corrected chi connectivity index (χ3v) is 4.93. The molecule has 8 heteroatoms. The minimum Gasteiger partial charge on any atom is -0.359 e.